The van der Waals surface area contributed by atoms with Crippen molar-refractivity contribution in [3.8, 4) is 11.1 Å². The molecular weight excluding hydrogens is 400 g/mol. The summed E-state index contributed by atoms with van der Waals surface area (Å²) in [5, 5.41) is 5.20. The molecule has 7 nitrogen and oxygen atoms in total. The van der Waals surface area contributed by atoms with Gasteiger partial charge in [0.25, 0.3) is 0 Å². The van der Waals surface area contributed by atoms with Crippen molar-refractivity contribution in [2.45, 2.75) is 25.2 Å². The van der Waals surface area contributed by atoms with Crippen LogP contribution < -0.4 is 0 Å². The van der Waals surface area contributed by atoms with Gasteiger partial charge in [-0.1, -0.05) is 0 Å². The third-order valence-electron chi connectivity index (χ3n) is 6.24. The van der Waals surface area contributed by atoms with Gasteiger partial charge in [-0.2, -0.15) is 5.10 Å². The van der Waals surface area contributed by atoms with Gasteiger partial charge in [0.05, 0.1) is 24.3 Å². The smallest absolute Gasteiger partial charge is 0.168 e. The van der Waals surface area contributed by atoms with Gasteiger partial charge in [0.1, 0.15) is 0 Å². The normalized spacial score (nSPS) is 15.3. The standard InChI is InChI=1S/C25H26N6O/c1-30-7-4-17(5-8-30)23-11-18(3-6-26-23)25(32)12-22-10-19-9-20(13-28-24(19)15-27-22)21-14-29-31(2)16-21/h3,6,9-11,13-17H,4-5,7-8,12H2,1-2H3. The van der Waals surface area contributed by atoms with E-state index in [2.05, 4.69) is 38.1 Å². The number of nitrogens with zero attached hydrogens (tertiary/aromatic N) is 6. The Bertz CT molecular complexity index is 1270. The SMILES string of the molecule is CN1CCC(c2cc(C(=O)Cc3cc4cc(-c5cnn(C)c5)cnc4cn3)ccn2)CC1. The van der Waals surface area contributed by atoms with Crippen molar-refractivity contribution in [1.82, 2.24) is 29.6 Å². The number of carbonyl (C=O) groups is 1. The lowest BCUT2D eigenvalue weighted by atomic mass is 9.92. The lowest BCUT2D eigenvalue weighted by Gasteiger charge is -2.28. The van der Waals surface area contributed by atoms with Crippen molar-refractivity contribution in [3.63, 3.8) is 0 Å². The summed E-state index contributed by atoms with van der Waals surface area (Å²) >= 11 is 0. The molecule has 0 aromatic carbocycles. The summed E-state index contributed by atoms with van der Waals surface area (Å²) in [6.45, 7) is 2.14. The first-order valence-electron chi connectivity index (χ1n) is 11.0. The molecule has 0 N–H and O–H groups in total. The molecule has 1 aliphatic heterocycles. The van der Waals surface area contributed by atoms with Crippen LogP contribution in [0.4, 0.5) is 0 Å². The summed E-state index contributed by atoms with van der Waals surface area (Å²) in [7, 11) is 4.04. The molecule has 1 aliphatic rings. The number of ketones is 1. The molecule has 0 unspecified atom stereocenters. The summed E-state index contributed by atoms with van der Waals surface area (Å²) in [4.78, 5) is 28.9. The van der Waals surface area contributed by atoms with Gasteiger partial charge in [0.2, 0.25) is 0 Å². The number of Topliss-reactive ketones (excluding diaryl/α,β-unsaturated/α-hetero) is 1. The summed E-state index contributed by atoms with van der Waals surface area (Å²) in [5.74, 6) is 0.486. The number of hydrogen-bond donors (Lipinski definition) is 0. The first-order chi connectivity index (χ1) is 15.5. The van der Waals surface area contributed by atoms with E-state index in [0.29, 0.717) is 11.5 Å². The minimum absolute atomic E-state index is 0.0600. The molecule has 4 aromatic rings. The molecule has 162 valence electrons. The van der Waals surface area contributed by atoms with Crippen LogP contribution in [0.2, 0.25) is 0 Å². The molecule has 0 radical (unpaired) electrons. The average Bonchev–Trinajstić information content (AvgIpc) is 3.25. The summed E-state index contributed by atoms with van der Waals surface area (Å²) in [6.07, 6.45) is 11.5. The molecule has 5 heterocycles. The zero-order valence-electron chi connectivity index (χ0n) is 18.4. The fourth-order valence-corrected chi connectivity index (χ4v) is 4.32. The number of pyridine rings is 3. The van der Waals surface area contributed by atoms with E-state index < -0.39 is 0 Å². The minimum Gasteiger partial charge on any atom is -0.306 e. The maximum absolute atomic E-state index is 13.0. The number of piperidine rings is 1. The summed E-state index contributed by atoms with van der Waals surface area (Å²) in [6, 6.07) is 7.81. The van der Waals surface area contributed by atoms with Crippen LogP contribution in [0.25, 0.3) is 22.0 Å². The van der Waals surface area contributed by atoms with Gasteiger partial charge in [-0.3, -0.25) is 24.4 Å². The van der Waals surface area contributed by atoms with E-state index in [4.69, 9.17) is 0 Å². The second-order valence-corrected chi connectivity index (χ2v) is 8.64. The number of rotatable bonds is 5. The van der Waals surface area contributed by atoms with Gasteiger partial charge in [0.15, 0.2) is 5.78 Å². The zero-order chi connectivity index (χ0) is 22.1. The van der Waals surface area contributed by atoms with Gasteiger partial charge in [-0.15, -0.1) is 0 Å². The molecule has 0 spiro atoms. The highest BCUT2D eigenvalue weighted by Crippen LogP contribution is 2.27. The monoisotopic (exact) mass is 426 g/mol. The van der Waals surface area contributed by atoms with E-state index in [1.54, 1.807) is 17.1 Å². The Hall–Kier alpha value is -3.45. The molecule has 4 aromatic heterocycles. The maximum Gasteiger partial charge on any atom is 0.168 e. The van der Waals surface area contributed by atoms with Gasteiger partial charge in [-0.05, 0) is 57.2 Å². The predicted molar refractivity (Wildman–Crippen MR) is 123 cm³/mol. The Kier molecular flexibility index (Phi) is 5.49. The quantitative estimate of drug-likeness (QED) is 0.453. The van der Waals surface area contributed by atoms with Crippen LogP contribution >= 0.6 is 0 Å². The van der Waals surface area contributed by atoms with Crippen LogP contribution in [0, 0.1) is 0 Å². The first-order valence-corrected chi connectivity index (χ1v) is 11.0. The van der Waals surface area contributed by atoms with Crippen molar-refractivity contribution in [2.75, 3.05) is 20.1 Å². The van der Waals surface area contributed by atoms with E-state index in [1.807, 2.05) is 43.8 Å². The Morgan fingerprint density at radius 1 is 1.00 bits per heavy atom. The number of fused-ring (bicyclic) bond motifs is 1. The molecule has 32 heavy (non-hydrogen) atoms. The van der Waals surface area contributed by atoms with Crippen LogP contribution in [-0.2, 0) is 13.5 Å². The van der Waals surface area contributed by atoms with Crippen LogP contribution in [0.3, 0.4) is 0 Å². The lowest BCUT2D eigenvalue weighted by Crippen LogP contribution is -2.29. The number of carbonyl (C=O) groups excluding carboxylic acids is 1. The second kappa shape index (κ2) is 8.59. The van der Waals surface area contributed by atoms with Crippen molar-refractivity contribution in [3.05, 3.63) is 72.2 Å². The Morgan fingerprint density at radius 3 is 2.62 bits per heavy atom. The fraction of sp³-hybridized carbons (Fsp3) is 0.320. The number of likely N-dealkylation sites (tertiary alicyclic amines) is 1. The molecule has 5 rings (SSSR count). The van der Waals surface area contributed by atoms with Crippen molar-refractivity contribution < 1.29 is 4.79 Å². The van der Waals surface area contributed by atoms with Crippen LogP contribution in [-0.4, -0.2) is 55.6 Å². The van der Waals surface area contributed by atoms with E-state index in [0.717, 1.165) is 59.3 Å². The molecule has 1 fully saturated rings. The number of aromatic nitrogens is 5. The molecule has 0 amide bonds. The van der Waals surface area contributed by atoms with Crippen LogP contribution in [0.5, 0.6) is 0 Å². The van der Waals surface area contributed by atoms with Gasteiger partial charge in [-0.25, -0.2) is 0 Å². The van der Waals surface area contributed by atoms with Crippen molar-refractivity contribution in [2.24, 2.45) is 7.05 Å². The van der Waals surface area contributed by atoms with Crippen molar-refractivity contribution in [1.29, 1.82) is 0 Å². The minimum atomic E-state index is 0.0600. The average molecular weight is 427 g/mol. The highest BCUT2D eigenvalue weighted by Gasteiger charge is 2.20. The topological polar surface area (TPSA) is 76.8 Å². The molecular formula is C25H26N6O. The number of hydrogen-bond acceptors (Lipinski definition) is 6. The van der Waals surface area contributed by atoms with E-state index in [-0.39, 0.29) is 12.2 Å². The summed E-state index contributed by atoms with van der Waals surface area (Å²) < 4.78 is 1.77. The molecule has 0 atom stereocenters. The molecule has 0 bridgehead atoms. The second-order valence-electron chi connectivity index (χ2n) is 8.64. The van der Waals surface area contributed by atoms with Crippen LogP contribution in [0.1, 0.15) is 40.5 Å². The van der Waals surface area contributed by atoms with Gasteiger partial charge >= 0.3 is 0 Å². The Morgan fingerprint density at radius 2 is 1.84 bits per heavy atom. The Labute approximate surface area is 187 Å². The van der Waals surface area contributed by atoms with Gasteiger partial charge < -0.3 is 4.90 Å². The molecule has 0 saturated carbocycles. The van der Waals surface area contributed by atoms with Crippen LogP contribution in [0.15, 0.2) is 55.2 Å². The third-order valence-corrected chi connectivity index (χ3v) is 6.24. The van der Waals surface area contributed by atoms with E-state index >= 15 is 0 Å². The lowest BCUT2D eigenvalue weighted by molar-refractivity contribution is 0.0991. The van der Waals surface area contributed by atoms with E-state index in [1.165, 1.54) is 0 Å². The van der Waals surface area contributed by atoms with Gasteiger partial charge in [0, 0.05) is 65.0 Å². The predicted octanol–water partition coefficient (Wildman–Crippen LogP) is 3.66. The first kappa shape index (κ1) is 20.5. The van der Waals surface area contributed by atoms with Crippen molar-refractivity contribution >= 4 is 16.7 Å². The third kappa shape index (κ3) is 4.29. The fourth-order valence-electron chi connectivity index (χ4n) is 4.32. The highest BCUT2D eigenvalue weighted by atomic mass is 16.1. The molecule has 0 aliphatic carbocycles. The highest BCUT2D eigenvalue weighted by molar-refractivity contribution is 5.97. The molecule has 7 heteroatoms. The van der Waals surface area contributed by atoms with E-state index in [9.17, 15) is 4.79 Å². The summed E-state index contributed by atoms with van der Waals surface area (Å²) in [5.41, 5.74) is 5.28. The largest absolute Gasteiger partial charge is 0.306 e. The maximum atomic E-state index is 13.0. The zero-order valence-corrected chi connectivity index (χ0v) is 18.4. The Balaban J connectivity index is 1.36. The molecule has 1 saturated heterocycles. The number of aryl methyl sites for hydroxylation is 1.